The Morgan fingerprint density at radius 1 is 0.583 bits per heavy atom. The van der Waals surface area contributed by atoms with E-state index in [1.807, 2.05) is 6.08 Å². The molecule has 0 aliphatic rings. The Kier molecular flexibility index (Phi) is 20.0. The molecule has 0 aromatic rings. The summed E-state index contributed by atoms with van der Waals surface area (Å²) in [7, 11) is 0. The average molecular weight is 337 g/mol. The van der Waals surface area contributed by atoms with E-state index in [4.69, 9.17) is 0 Å². The third-order valence-corrected chi connectivity index (χ3v) is 4.82. The van der Waals surface area contributed by atoms with Crippen LogP contribution in [0.3, 0.4) is 0 Å². The number of allylic oxidation sites excluding steroid dienone is 2. The number of carbonyl (C=O) groups is 1. The number of hydrogen-bond acceptors (Lipinski definition) is 1. The quantitative estimate of drug-likeness (QED) is 0.172. The second-order valence-corrected chi connectivity index (χ2v) is 7.33. The predicted molar refractivity (Wildman–Crippen MR) is 109 cm³/mol. The van der Waals surface area contributed by atoms with Crippen molar-refractivity contribution in [1.29, 1.82) is 0 Å². The molecule has 142 valence electrons. The van der Waals surface area contributed by atoms with Crippen LogP contribution in [0.5, 0.6) is 0 Å². The molecule has 0 fully saturated rings. The molecule has 0 atom stereocenters. The molecule has 0 bridgehead atoms. The number of unbranched alkanes of at least 4 members (excludes halogenated alkanes) is 15. The van der Waals surface area contributed by atoms with Crippen LogP contribution in [0.25, 0.3) is 0 Å². The van der Waals surface area contributed by atoms with Gasteiger partial charge >= 0.3 is 0 Å². The minimum absolute atomic E-state index is 0.308. The molecule has 0 aliphatic carbocycles. The van der Waals surface area contributed by atoms with Crippen molar-refractivity contribution >= 4 is 5.78 Å². The first-order valence-electron chi connectivity index (χ1n) is 11.0. The zero-order valence-corrected chi connectivity index (χ0v) is 16.8. The van der Waals surface area contributed by atoms with E-state index in [2.05, 4.69) is 13.8 Å². The molecular formula is C23H44O. The molecule has 0 amide bonds. The lowest BCUT2D eigenvalue weighted by Gasteiger charge is -2.03. The number of hydrogen-bond donors (Lipinski definition) is 0. The first-order chi connectivity index (χ1) is 11.8. The maximum atomic E-state index is 11.5. The molecule has 0 saturated heterocycles. The minimum atomic E-state index is 0.308. The van der Waals surface area contributed by atoms with Crippen molar-refractivity contribution in [3.8, 4) is 0 Å². The monoisotopic (exact) mass is 336 g/mol. The van der Waals surface area contributed by atoms with Crippen molar-refractivity contribution in [3.05, 3.63) is 12.2 Å². The molecule has 1 heteroatoms. The second kappa shape index (κ2) is 20.5. The Bertz CT molecular complexity index is 280. The topological polar surface area (TPSA) is 17.1 Å². The summed E-state index contributed by atoms with van der Waals surface area (Å²) in [5.74, 6) is 0.308. The van der Waals surface area contributed by atoms with Crippen LogP contribution in [0, 0.1) is 0 Å². The SMILES string of the molecule is CC/C=C/C(=O)CCCCCCCCCCCCCCCCCC. The van der Waals surface area contributed by atoms with Crippen LogP contribution in [0.4, 0.5) is 0 Å². The lowest BCUT2D eigenvalue weighted by Crippen LogP contribution is -1.92. The van der Waals surface area contributed by atoms with Gasteiger partial charge in [0.25, 0.3) is 0 Å². The summed E-state index contributed by atoms with van der Waals surface area (Å²) < 4.78 is 0. The van der Waals surface area contributed by atoms with E-state index < -0.39 is 0 Å². The summed E-state index contributed by atoms with van der Waals surface area (Å²) >= 11 is 0. The third-order valence-electron chi connectivity index (χ3n) is 4.82. The summed E-state index contributed by atoms with van der Waals surface area (Å²) in [4.78, 5) is 11.5. The van der Waals surface area contributed by atoms with Crippen LogP contribution in [-0.2, 0) is 4.79 Å². The Balaban J connectivity index is 3.07. The van der Waals surface area contributed by atoms with E-state index in [1.54, 1.807) is 6.08 Å². The van der Waals surface area contributed by atoms with Crippen molar-refractivity contribution in [3.63, 3.8) is 0 Å². The highest BCUT2D eigenvalue weighted by atomic mass is 16.1. The molecule has 0 saturated carbocycles. The molecule has 0 aromatic heterocycles. The van der Waals surface area contributed by atoms with Crippen molar-refractivity contribution in [2.45, 2.75) is 129 Å². The van der Waals surface area contributed by atoms with E-state index in [0.29, 0.717) is 5.78 Å². The van der Waals surface area contributed by atoms with E-state index in [1.165, 1.54) is 96.3 Å². The summed E-state index contributed by atoms with van der Waals surface area (Å²) in [5, 5.41) is 0. The maximum Gasteiger partial charge on any atom is 0.155 e. The summed E-state index contributed by atoms with van der Waals surface area (Å²) in [6.45, 7) is 4.35. The summed E-state index contributed by atoms with van der Waals surface area (Å²) in [6, 6.07) is 0. The molecule has 0 spiro atoms. The first kappa shape index (κ1) is 23.4. The lowest BCUT2D eigenvalue weighted by atomic mass is 10.0. The van der Waals surface area contributed by atoms with Gasteiger partial charge in [0.1, 0.15) is 0 Å². The predicted octanol–water partition coefficient (Wildman–Crippen LogP) is 8.17. The van der Waals surface area contributed by atoms with Crippen LogP contribution in [0.1, 0.15) is 129 Å². The van der Waals surface area contributed by atoms with Gasteiger partial charge in [-0.1, -0.05) is 116 Å². The highest BCUT2D eigenvalue weighted by Crippen LogP contribution is 2.14. The van der Waals surface area contributed by atoms with Gasteiger partial charge in [-0.2, -0.15) is 0 Å². The molecule has 0 unspecified atom stereocenters. The van der Waals surface area contributed by atoms with Gasteiger partial charge in [0.15, 0.2) is 5.78 Å². The normalized spacial score (nSPS) is 11.4. The van der Waals surface area contributed by atoms with Gasteiger partial charge in [0, 0.05) is 6.42 Å². The van der Waals surface area contributed by atoms with Crippen molar-refractivity contribution in [2.75, 3.05) is 0 Å². The molecule has 0 aromatic carbocycles. The van der Waals surface area contributed by atoms with E-state index >= 15 is 0 Å². The summed E-state index contributed by atoms with van der Waals surface area (Å²) in [6.07, 6.45) is 27.5. The Morgan fingerprint density at radius 3 is 1.33 bits per heavy atom. The molecule has 0 heterocycles. The molecule has 0 N–H and O–H groups in total. The van der Waals surface area contributed by atoms with E-state index in [9.17, 15) is 4.79 Å². The molecule has 1 nitrogen and oxygen atoms in total. The summed E-state index contributed by atoms with van der Waals surface area (Å²) in [5.41, 5.74) is 0. The van der Waals surface area contributed by atoms with Gasteiger partial charge in [0.2, 0.25) is 0 Å². The highest BCUT2D eigenvalue weighted by molar-refractivity contribution is 5.89. The zero-order valence-electron chi connectivity index (χ0n) is 16.8. The smallest absolute Gasteiger partial charge is 0.155 e. The largest absolute Gasteiger partial charge is 0.295 e. The average Bonchev–Trinajstić information content (AvgIpc) is 2.59. The van der Waals surface area contributed by atoms with Crippen LogP contribution in [0.15, 0.2) is 12.2 Å². The molecular weight excluding hydrogens is 292 g/mol. The van der Waals surface area contributed by atoms with Gasteiger partial charge in [-0.3, -0.25) is 4.79 Å². The molecule has 24 heavy (non-hydrogen) atoms. The Labute approximate surface area is 152 Å². The molecule has 0 radical (unpaired) electrons. The second-order valence-electron chi connectivity index (χ2n) is 7.33. The van der Waals surface area contributed by atoms with Crippen LogP contribution < -0.4 is 0 Å². The zero-order chi connectivity index (χ0) is 17.7. The van der Waals surface area contributed by atoms with Crippen LogP contribution in [0.2, 0.25) is 0 Å². The van der Waals surface area contributed by atoms with Gasteiger partial charge in [-0.05, 0) is 18.9 Å². The van der Waals surface area contributed by atoms with Crippen LogP contribution in [-0.4, -0.2) is 5.78 Å². The Morgan fingerprint density at radius 2 is 0.958 bits per heavy atom. The minimum Gasteiger partial charge on any atom is -0.295 e. The van der Waals surface area contributed by atoms with Crippen molar-refractivity contribution < 1.29 is 4.79 Å². The van der Waals surface area contributed by atoms with Gasteiger partial charge < -0.3 is 0 Å². The fourth-order valence-corrected chi connectivity index (χ4v) is 3.18. The number of ketones is 1. The van der Waals surface area contributed by atoms with Gasteiger partial charge in [-0.15, -0.1) is 0 Å². The van der Waals surface area contributed by atoms with Crippen molar-refractivity contribution in [2.24, 2.45) is 0 Å². The lowest BCUT2D eigenvalue weighted by molar-refractivity contribution is -0.114. The van der Waals surface area contributed by atoms with E-state index in [0.717, 1.165) is 19.3 Å². The van der Waals surface area contributed by atoms with Crippen molar-refractivity contribution in [1.82, 2.24) is 0 Å². The fraction of sp³-hybridized carbons (Fsp3) is 0.870. The first-order valence-corrected chi connectivity index (χ1v) is 11.0. The number of rotatable bonds is 19. The van der Waals surface area contributed by atoms with Gasteiger partial charge in [0.05, 0.1) is 0 Å². The maximum absolute atomic E-state index is 11.5. The van der Waals surface area contributed by atoms with E-state index in [-0.39, 0.29) is 0 Å². The standard InChI is InChI=1S/C23H44O/c1-3-5-7-8-9-10-11-12-13-14-15-16-17-18-19-20-22-23(24)21-6-4-2/h6,21H,3-5,7-20,22H2,1-2H3/b21-6+. The number of carbonyl (C=O) groups excluding carboxylic acids is 1. The van der Waals surface area contributed by atoms with Crippen LogP contribution >= 0.6 is 0 Å². The fourth-order valence-electron chi connectivity index (χ4n) is 3.18. The third kappa shape index (κ3) is 19.5. The molecule has 0 rings (SSSR count). The Hall–Kier alpha value is -0.590. The van der Waals surface area contributed by atoms with Gasteiger partial charge in [-0.25, -0.2) is 0 Å². The molecule has 0 aliphatic heterocycles. The highest BCUT2D eigenvalue weighted by Gasteiger charge is 1.97.